The van der Waals surface area contributed by atoms with Crippen LogP contribution in [-0.4, -0.2) is 35.5 Å². The number of hydrogen-bond donors (Lipinski definition) is 1. The highest BCUT2D eigenvalue weighted by Gasteiger charge is 2.27. The van der Waals surface area contributed by atoms with Crippen LogP contribution >= 0.6 is 0 Å². The number of rotatable bonds is 1. The summed E-state index contributed by atoms with van der Waals surface area (Å²) in [5.74, 6) is 0. The summed E-state index contributed by atoms with van der Waals surface area (Å²) in [6.07, 6.45) is 1.67. The van der Waals surface area contributed by atoms with Gasteiger partial charge in [0.25, 0.3) is 5.56 Å². The smallest absolute Gasteiger partial charge is 0.266 e. The van der Waals surface area contributed by atoms with Crippen LogP contribution in [0.3, 0.4) is 0 Å². The van der Waals surface area contributed by atoms with Crippen molar-refractivity contribution in [2.24, 2.45) is 0 Å². The van der Waals surface area contributed by atoms with Gasteiger partial charge in [-0.25, -0.2) is 5.10 Å². The Labute approximate surface area is 88.1 Å². The van der Waals surface area contributed by atoms with Gasteiger partial charge in [-0.2, -0.15) is 5.10 Å². The molecule has 5 heteroatoms. The second kappa shape index (κ2) is 3.66. The molecule has 1 saturated heterocycles. The minimum Gasteiger partial charge on any atom is -0.372 e. The van der Waals surface area contributed by atoms with E-state index in [1.807, 2.05) is 13.8 Å². The number of H-pyrrole nitrogens is 1. The van der Waals surface area contributed by atoms with E-state index in [1.54, 1.807) is 12.3 Å². The van der Waals surface area contributed by atoms with Crippen molar-refractivity contribution in [2.45, 2.75) is 19.4 Å². The fourth-order valence-electron chi connectivity index (χ4n) is 1.78. The Morgan fingerprint density at radius 3 is 3.07 bits per heavy atom. The van der Waals surface area contributed by atoms with E-state index in [-0.39, 0.29) is 11.2 Å². The normalized spacial score (nSPS) is 20.3. The second-order valence-electron chi connectivity index (χ2n) is 4.33. The average molecular weight is 209 g/mol. The molecule has 0 aliphatic carbocycles. The van der Waals surface area contributed by atoms with Crippen molar-refractivity contribution in [1.82, 2.24) is 10.2 Å². The van der Waals surface area contributed by atoms with Gasteiger partial charge in [0.05, 0.1) is 24.1 Å². The molecule has 0 radical (unpaired) electrons. The first-order chi connectivity index (χ1) is 7.07. The van der Waals surface area contributed by atoms with Gasteiger partial charge in [-0.3, -0.25) is 4.79 Å². The average Bonchev–Trinajstić information content (AvgIpc) is 2.16. The fraction of sp³-hybridized carbons (Fsp3) is 0.600. The van der Waals surface area contributed by atoms with E-state index < -0.39 is 0 Å². The summed E-state index contributed by atoms with van der Waals surface area (Å²) in [7, 11) is 0. The molecule has 1 fully saturated rings. The standard InChI is InChI=1S/C10H15N3O2/c1-10(2)7-13(3-4-15-10)8-5-9(14)12-11-6-8/h5-6H,3-4,7H2,1-2H3,(H,12,14). The van der Waals surface area contributed by atoms with Gasteiger partial charge in [0.1, 0.15) is 0 Å². The molecule has 2 heterocycles. The molecule has 0 atom stereocenters. The zero-order chi connectivity index (χ0) is 10.9. The number of anilines is 1. The van der Waals surface area contributed by atoms with Gasteiger partial charge in [-0.1, -0.05) is 0 Å². The molecule has 0 aromatic carbocycles. The first-order valence-electron chi connectivity index (χ1n) is 5.00. The van der Waals surface area contributed by atoms with Crippen molar-refractivity contribution in [2.75, 3.05) is 24.6 Å². The van der Waals surface area contributed by atoms with Crippen molar-refractivity contribution in [3.05, 3.63) is 22.6 Å². The molecule has 0 spiro atoms. The van der Waals surface area contributed by atoms with Crippen LogP contribution in [0.4, 0.5) is 5.69 Å². The number of nitrogens with one attached hydrogen (secondary N) is 1. The molecule has 0 saturated carbocycles. The molecule has 5 nitrogen and oxygen atoms in total. The van der Waals surface area contributed by atoms with Gasteiger partial charge >= 0.3 is 0 Å². The molecular weight excluding hydrogens is 194 g/mol. The number of aromatic amines is 1. The van der Waals surface area contributed by atoms with Crippen LogP contribution in [-0.2, 0) is 4.74 Å². The predicted molar refractivity (Wildman–Crippen MR) is 57.1 cm³/mol. The molecule has 1 aliphatic heterocycles. The van der Waals surface area contributed by atoms with Crippen LogP contribution in [0.5, 0.6) is 0 Å². The highest BCUT2D eigenvalue weighted by atomic mass is 16.5. The number of morpholine rings is 1. The Kier molecular flexibility index (Phi) is 2.48. The monoisotopic (exact) mass is 209 g/mol. The van der Waals surface area contributed by atoms with E-state index in [4.69, 9.17) is 4.74 Å². The summed E-state index contributed by atoms with van der Waals surface area (Å²) in [4.78, 5) is 13.2. The largest absolute Gasteiger partial charge is 0.372 e. The molecule has 1 N–H and O–H groups in total. The van der Waals surface area contributed by atoms with Gasteiger partial charge in [0, 0.05) is 19.2 Å². The molecule has 0 amide bonds. The van der Waals surface area contributed by atoms with Gasteiger partial charge in [0.15, 0.2) is 0 Å². The van der Waals surface area contributed by atoms with E-state index in [2.05, 4.69) is 15.1 Å². The van der Waals surface area contributed by atoms with E-state index in [0.717, 1.165) is 18.8 Å². The van der Waals surface area contributed by atoms with Crippen LogP contribution < -0.4 is 10.5 Å². The van der Waals surface area contributed by atoms with Crippen LogP contribution in [0.15, 0.2) is 17.1 Å². The molecule has 15 heavy (non-hydrogen) atoms. The fourth-order valence-corrected chi connectivity index (χ4v) is 1.78. The Morgan fingerprint density at radius 1 is 1.60 bits per heavy atom. The zero-order valence-corrected chi connectivity index (χ0v) is 8.99. The molecule has 1 aliphatic rings. The summed E-state index contributed by atoms with van der Waals surface area (Å²) in [5, 5.41) is 6.16. The van der Waals surface area contributed by atoms with Gasteiger partial charge in [-0.05, 0) is 13.8 Å². The van der Waals surface area contributed by atoms with Crippen molar-refractivity contribution in [3.63, 3.8) is 0 Å². The van der Waals surface area contributed by atoms with Crippen LogP contribution in [0.25, 0.3) is 0 Å². The number of aromatic nitrogens is 2. The highest BCUT2D eigenvalue weighted by Crippen LogP contribution is 2.20. The summed E-state index contributed by atoms with van der Waals surface area (Å²) in [6.45, 7) is 6.34. The Hall–Kier alpha value is -1.36. The van der Waals surface area contributed by atoms with Crippen LogP contribution in [0.2, 0.25) is 0 Å². The van der Waals surface area contributed by atoms with E-state index in [1.165, 1.54) is 0 Å². The number of nitrogens with zero attached hydrogens (tertiary/aromatic N) is 2. The molecule has 82 valence electrons. The third-order valence-electron chi connectivity index (χ3n) is 2.44. The Balaban J connectivity index is 2.21. The lowest BCUT2D eigenvalue weighted by atomic mass is 10.1. The Morgan fingerprint density at radius 2 is 2.40 bits per heavy atom. The molecular formula is C10H15N3O2. The minimum absolute atomic E-state index is 0.166. The van der Waals surface area contributed by atoms with Crippen molar-refractivity contribution < 1.29 is 4.74 Å². The molecule has 1 aromatic heterocycles. The van der Waals surface area contributed by atoms with Gasteiger partial charge in [0.2, 0.25) is 0 Å². The quantitative estimate of drug-likeness (QED) is 0.726. The van der Waals surface area contributed by atoms with E-state index >= 15 is 0 Å². The van der Waals surface area contributed by atoms with Gasteiger partial charge < -0.3 is 9.64 Å². The molecule has 0 unspecified atom stereocenters. The lowest BCUT2D eigenvalue weighted by Crippen LogP contribution is -2.48. The summed E-state index contributed by atoms with van der Waals surface area (Å²) < 4.78 is 5.60. The number of hydrogen-bond acceptors (Lipinski definition) is 4. The van der Waals surface area contributed by atoms with Gasteiger partial charge in [-0.15, -0.1) is 0 Å². The van der Waals surface area contributed by atoms with E-state index in [9.17, 15) is 4.79 Å². The lowest BCUT2D eigenvalue weighted by Gasteiger charge is -2.39. The maximum absolute atomic E-state index is 11.1. The first kappa shape index (κ1) is 10.2. The zero-order valence-electron chi connectivity index (χ0n) is 8.99. The van der Waals surface area contributed by atoms with Crippen molar-refractivity contribution in [3.8, 4) is 0 Å². The summed E-state index contributed by atoms with van der Waals surface area (Å²) >= 11 is 0. The molecule has 1 aromatic rings. The topological polar surface area (TPSA) is 58.2 Å². The maximum atomic E-state index is 11.1. The summed E-state index contributed by atoms with van der Waals surface area (Å²) in [5.41, 5.74) is 0.521. The SMILES string of the molecule is CC1(C)CN(c2cn[nH]c(=O)c2)CCO1. The minimum atomic E-state index is -0.170. The maximum Gasteiger partial charge on any atom is 0.266 e. The second-order valence-corrected chi connectivity index (χ2v) is 4.33. The summed E-state index contributed by atoms with van der Waals surface area (Å²) in [6, 6.07) is 1.56. The predicted octanol–water partition coefficient (Wildman–Crippen LogP) is 0.385. The lowest BCUT2D eigenvalue weighted by molar-refractivity contribution is -0.0277. The highest BCUT2D eigenvalue weighted by molar-refractivity contribution is 5.43. The third-order valence-corrected chi connectivity index (χ3v) is 2.44. The Bertz CT molecular complexity index is 400. The molecule has 0 bridgehead atoms. The van der Waals surface area contributed by atoms with Crippen molar-refractivity contribution in [1.29, 1.82) is 0 Å². The third kappa shape index (κ3) is 2.36. The van der Waals surface area contributed by atoms with Crippen LogP contribution in [0.1, 0.15) is 13.8 Å². The molecule has 2 rings (SSSR count). The number of ether oxygens (including phenoxy) is 1. The van der Waals surface area contributed by atoms with Crippen molar-refractivity contribution >= 4 is 5.69 Å². The van der Waals surface area contributed by atoms with E-state index in [0.29, 0.717) is 6.61 Å². The van der Waals surface area contributed by atoms with Crippen LogP contribution in [0, 0.1) is 0 Å². The first-order valence-corrected chi connectivity index (χ1v) is 5.00.